The van der Waals surface area contributed by atoms with Gasteiger partial charge in [0.25, 0.3) is 0 Å². The molecule has 58 heavy (non-hydrogen) atoms. The molecule has 0 fully saturated rings. The lowest BCUT2D eigenvalue weighted by molar-refractivity contribution is 0.635. The van der Waals surface area contributed by atoms with Crippen molar-refractivity contribution in [2.24, 2.45) is 0 Å². The second-order valence-corrected chi connectivity index (χ2v) is 15.7. The monoisotopic (exact) mass is 762 g/mol. The fraction of sp³-hybridized carbons (Fsp3) is 0. The van der Waals surface area contributed by atoms with Crippen molar-refractivity contribution in [2.75, 3.05) is 4.90 Å². The maximum absolute atomic E-state index is 15.5. The van der Waals surface area contributed by atoms with E-state index in [2.05, 4.69) is 187 Å². The smallest absolute Gasteiger partial charge is 0.147 e. The normalized spacial score (nSPS) is 11.5. The van der Waals surface area contributed by atoms with Crippen LogP contribution in [0.1, 0.15) is 0 Å². The van der Waals surface area contributed by atoms with Gasteiger partial charge in [0.15, 0.2) is 0 Å². The Morgan fingerprint density at radius 3 is 1.83 bits per heavy atom. The topological polar surface area (TPSA) is 8.17 Å². The number of anilines is 3. The second-order valence-electron chi connectivity index (χ2n) is 14.6. The molecule has 0 unspecified atom stereocenters. The molecule has 0 amide bonds. The summed E-state index contributed by atoms with van der Waals surface area (Å²) in [5.74, 6) is -0.232. The molecule has 4 heteroatoms. The average Bonchev–Trinajstić information content (AvgIpc) is 3.85. The minimum absolute atomic E-state index is 0.232. The molecule has 0 aliphatic rings. The minimum atomic E-state index is -0.232. The Kier molecular flexibility index (Phi) is 8.23. The SMILES string of the molecule is Fc1cccc2c3ccccc3n(-c3cccc(-c4ccc(N(c5ccc(-c6cccc7sc8ccccc8c67)cc5)c5ccccc5-c5ccccc5)cc4)c3)c12. The molecule has 0 aliphatic carbocycles. The van der Waals surface area contributed by atoms with Gasteiger partial charge < -0.3 is 9.47 Å². The first-order valence-electron chi connectivity index (χ1n) is 19.5. The van der Waals surface area contributed by atoms with Crippen LogP contribution in [-0.2, 0) is 0 Å². The number of nitrogens with zero attached hydrogens (tertiary/aromatic N) is 2. The minimum Gasteiger partial charge on any atom is -0.310 e. The van der Waals surface area contributed by atoms with Crippen molar-refractivity contribution in [2.45, 2.75) is 0 Å². The quantitative estimate of drug-likeness (QED) is 0.157. The second kappa shape index (κ2) is 14.0. The van der Waals surface area contributed by atoms with Crippen molar-refractivity contribution >= 4 is 70.4 Å². The van der Waals surface area contributed by atoms with E-state index in [9.17, 15) is 0 Å². The number of hydrogen-bond acceptors (Lipinski definition) is 2. The first kappa shape index (κ1) is 34.0. The van der Waals surface area contributed by atoms with Gasteiger partial charge in [-0.1, -0.05) is 146 Å². The lowest BCUT2D eigenvalue weighted by Gasteiger charge is -2.28. The number of hydrogen-bond donors (Lipinski definition) is 0. The summed E-state index contributed by atoms with van der Waals surface area (Å²) in [5.41, 5.74) is 12.6. The summed E-state index contributed by atoms with van der Waals surface area (Å²) in [4.78, 5) is 2.35. The van der Waals surface area contributed by atoms with Gasteiger partial charge in [0.2, 0.25) is 0 Å². The Hall–Kier alpha value is -7.27. The van der Waals surface area contributed by atoms with Crippen LogP contribution in [-0.4, -0.2) is 4.57 Å². The highest BCUT2D eigenvalue weighted by Crippen LogP contribution is 2.44. The zero-order valence-electron chi connectivity index (χ0n) is 31.4. The van der Waals surface area contributed by atoms with E-state index in [0.717, 1.165) is 61.3 Å². The largest absolute Gasteiger partial charge is 0.310 e. The third kappa shape index (κ3) is 5.69. The molecule has 0 N–H and O–H groups in total. The van der Waals surface area contributed by atoms with Crippen LogP contribution in [0.3, 0.4) is 0 Å². The number of rotatable bonds is 7. The number of thiophene rings is 1. The molecular weight excluding hydrogens is 728 g/mol. The van der Waals surface area contributed by atoms with E-state index < -0.39 is 0 Å². The first-order valence-corrected chi connectivity index (χ1v) is 20.4. The molecular formula is C54H35FN2S. The predicted molar refractivity (Wildman–Crippen MR) is 245 cm³/mol. The molecule has 11 aromatic rings. The Morgan fingerprint density at radius 2 is 1.00 bits per heavy atom. The Labute approximate surface area is 339 Å². The average molecular weight is 763 g/mol. The summed E-state index contributed by atoms with van der Waals surface area (Å²) >= 11 is 1.85. The fourth-order valence-corrected chi connectivity index (χ4v) is 9.77. The first-order chi connectivity index (χ1) is 28.7. The summed E-state index contributed by atoms with van der Waals surface area (Å²) in [6, 6.07) is 74.2. The molecule has 0 saturated heterocycles. The summed E-state index contributed by atoms with van der Waals surface area (Å²) in [6.45, 7) is 0. The number of benzene rings is 9. The van der Waals surface area contributed by atoms with Crippen molar-refractivity contribution in [1.29, 1.82) is 0 Å². The molecule has 0 atom stereocenters. The Bertz CT molecular complexity index is 3290. The number of aromatic nitrogens is 1. The molecule has 0 saturated carbocycles. The summed E-state index contributed by atoms with van der Waals surface area (Å²) in [7, 11) is 0. The van der Waals surface area contributed by atoms with Crippen LogP contribution in [0.2, 0.25) is 0 Å². The van der Waals surface area contributed by atoms with Gasteiger partial charge in [0.1, 0.15) is 5.82 Å². The van der Waals surface area contributed by atoms with E-state index in [1.165, 1.54) is 31.3 Å². The van der Waals surface area contributed by atoms with Crippen LogP contribution < -0.4 is 4.90 Å². The van der Waals surface area contributed by atoms with Crippen LogP contribution in [0.25, 0.3) is 81.0 Å². The highest BCUT2D eigenvalue weighted by atomic mass is 32.1. The predicted octanol–water partition coefficient (Wildman–Crippen LogP) is 15.8. The van der Waals surface area contributed by atoms with Gasteiger partial charge in [-0.15, -0.1) is 11.3 Å². The van der Waals surface area contributed by atoms with Crippen molar-refractivity contribution in [3.05, 3.63) is 218 Å². The van der Waals surface area contributed by atoms with E-state index in [1.807, 2.05) is 34.1 Å². The van der Waals surface area contributed by atoms with Crippen molar-refractivity contribution in [1.82, 2.24) is 4.57 Å². The van der Waals surface area contributed by atoms with E-state index in [4.69, 9.17) is 0 Å². The van der Waals surface area contributed by atoms with Crippen LogP contribution in [0.15, 0.2) is 212 Å². The maximum Gasteiger partial charge on any atom is 0.147 e. The number of fused-ring (bicyclic) bond motifs is 6. The zero-order valence-corrected chi connectivity index (χ0v) is 32.2. The molecule has 2 nitrogen and oxygen atoms in total. The molecule has 274 valence electrons. The number of para-hydroxylation sites is 3. The van der Waals surface area contributed by atoms with E-state index in [1.54, 1.807) is 12.1 Å². The van der Waals surface area contributed by atoms with Crippen molar-refractivity contribution in [3.63, 3.8) is 0 Å². The van der Waals surface area contributed by atoms with E-state index >= 15 is 4.39 Å². The summed E-state index contributed by atoms with van der Waals surface area (Å²) < 4.78 is 20.2. The molecule has 2 heterocycles. The van der Waals surface area contributed by atoms with Gasteiger partial charge in [-0.05, 0) is 94.5 Å². The summed E-state index contributed by atoms with van der Waals surface area (Å²) in [5, 5.41) is 4.55. The van der Waals surface area contributed by atoms with Gasteiger partial charge in [-0.3, -0.25) is 0 Å². The maximum atomic E-state index is 15.5. The van der Waals surface area contributed by atoms with Gasteiger partial charge in [0, 0.05) is 53.6 Å². The van der Waals surface area contributed by atoms with Crippen LogP contribution in [0.5, 0.6) is 0 Å². The molecule has 0 aliphatic heterocycles. The summed E-state index contributed by atoms with van der Waals surface area (Å²) in [6.07, 6.45) is 0. The third-order valence-corrected chi connectivity index (χ3v) is 12.4. The highest BCUT2D eigenvalue weighted by molar-refractivity contribution is 7.25. The Morgan fingerprint density at radius 1 is 0.414 bits per heavy atom. The lowest BCUT2D eigenvalue weighted by atomic mass is 9.98. The standard InChI is InChI=1S/C54H35FN2S/c55-48-22-11-21-46-45-18-5-8-24-50(45)57(54(46)48)42-16-10-15-39(35-42)36-27-31-40(32-28-36)56(49-23-7-4-17-43(49)37-13-2-1-3-14-37)41-33-29-38(30-34-41)44-20-12-26-52-53(44)47-19-6-9-25-51(47)58-52/h1-35H. The molecule has 0 radical (unpaired) electrons. The van der Waals surface area contributed by atoms with Gasteiger partial charge in [0.05, 0.1) is 16.7 Å². The van der Waals surface area contributed by atoms with Gasteiger partial charge in [-0.25, -0.2) is 4.39 Å². The van der Waals surface area contributed by atoms with Crippen molar-refractivity contribution in [3.8, 4) is 39.1 Å². The molecule has 11 rings (SSSR count). The molecule has 9 aromatic carbocycles. The van der Waals surface area contributed by atoms with Gasteiger partial charge in [-0.2, -0.15) is 0 Å². The van der Waals surface area contributed by atoms with Crippen molar-refractivity contribution < 1.29 is 4.39 Å². The molecule has 2 aromatic heterocycles. The highest BCUT2D eigenvalue weighted by Gasteiger charge is 2.19. The fourth-order valence-electron chi connectivity index (χ4n) is 8.64. The molecule has 0 bridgehead atoms. The van der Waals surface area contributed by atoms with E-state index in [0.29, 0.717) is 5.52 Å². The van der Waals surface area contributed by atoms with Crippen LogP contribution >= 0.6 is 11.3 Å². The Balaban J connectivity index is 1.01. The molecule has 0 spiro atoms. The lowest BCUT2D eigenvalue weighted by Crippen LogP contribution is -2.11. The zero-order chi connectivity index (χ0) is 38.6. The third-order valence-electron chi connectivity index (χ3n) is 11.3. The van der Waals surface area contributed by atoms with Crippen LogP contribution in [0.4, 0.5) is 21.5 Å². The van der Waals surface area contributed by atoms with Crippen LogP contribution in [0, 0.1) is 5.82 Å². The van der Waals surface area contributed by atoms with Gasteiger partial charge >= 0.3 is 0 Å². The van der Waals surface area contributed by atoms with E-state index in [-0.39, 0.29) is 5.82 Å². The number of halogens is 1.